The predicted octanol–water partition coefficient (Wildman–Crippen LogP) is 4.54. The van der Waals surface area contributed by atoms with Crippen molar-refractivity contribution < 1.29 is 4.79 Å². The van der Waals surface area contributed by atoms with E-state index < -0.39 is 0 Å². The Morgan fingerprint density at radius 3 is 2.71 bits per heavy atom. The van der Waals surface area contributed by atoms with Crippen LogP contribution < -0.4 is 5.32 Å². The van der Waals surface area contributed by atoms with Crippen molar-refractivity contribution in [3.05, 3.63) is 70.8 Å². The first kappa shape index (κ1) is 16.8. The van der Waals surface area contributed by atoms with Crippen LogP contribution in [0.15, 0.2) is 65.3 Å². The predicted molar refractivity (Wildman–Crippen MR) is 102 cm³/mol. The number of fused-ring (bicyclic) bond motifs is 1. The Kier molecular flexibility index (Phi) is 5.70. The molecule has 1 N–H and O–H groups in total. The maximum Gasteiger partial charge on any atom is 0.220 e. The molecule has 0 aliphatic heterocycles. The molecule has 0 fully saturated rings. The number of hydrogen-bond donors (Lipinski definition) is 1. The number of hydrogen-bond acceptors (Lipinski definition) is 1. The van der Waals surface area contributed by atoms with Crippen molar-refractivity contribution in [2.75, 3.05) is 6.54 Å². The number of halogens is 1. The summed E-state index contributed by atoms with van der Waals surface area (Å²) in [6, 6.07) is 18.5. The fourth-order valence-electron chi connectivity index (χ4n) is 2.85. The Morgan fingerprint density at radius 2 is 1.83 bits per heavy atom. The molecule has 0 saturated heterocycles. The number of aryl methyl sites for hydroxylation is 2. The lowest BCUT2D eigenvalue weighted by Gasteiger charge is -2.08. The first-order valence-electron chi connectivity index (χ1n) is 8.28. The highest BCUT2D eigenvalue weighted by Crippen LogP contribution is 2.17. The van der Waals surface area contributed by atoms with Gasteiger partial charge in [0.05, 0.1) is 0 Å². The van der Waals surface area contributed by atoms with Gasteiger partial charge in [-0.2, -0.15) is 0 Å². The van der Waals surface area contributed by atoms with Crippen LogP contribution in [0.4, 0.5) is 0 Å². The van der Waals surface area contributed by atoms with E-state index in [1.165, 1.54) is 16.5 Å². The molecule has 24 heavy (non-hydrogen) atoms. The molecule has 0 atom stereocenters. The zero-order valence-electron chi connectivity index (χ0n) is 13.5. The van der Waals surface area contributed by atoms with Gasteiger partial charge < -0.3 is 9.88 Å². The molecule has 4 heteroatoms. The van der Waals surface area contributed by atoms with E-state index in [-0.39, 0.29) is 5.91 Å². The van der Waals surface area contributed by atoms with Gasteiger partial charge in [0.15, 0.2) is 0 Å². The third-order valence-electron chi connectivity index (χ3n) is 4.16. The Morgan fingerprint density at radius 1 is 1.04 bits per heavy atom. The monoisotopic (exact) mass is 384 g/mol. The maximum absolute atomic E-state index is 12.0. The summed E-state index contributed by atoms with van der Waals surface area (Å²) in [6.45, 7) is 1.62. The molecule has 0 unspecified atom stereocenters. The van der Waals surface area contributed by atoms with E-state index in [2.05, 4.69) is 68.4 Å². The number of benzene rings is 2. The topological polar surface area (TPSA) is 34.0 Å². The summed E-state index contributed by atoms with van der Waals surface area (Å²) in [4.78, 5) is 12.0. The van der Waals surface area contributed by atoms with Gasteiger partial charge in [-0.15, -0.1) is 0 Å². The van der Waals surface area contributed by atoms with Crippen LogP contribution in [-0.4, -0.2) is 17.0 Å². The van der Waals surface area contributed by atoms with Crippen molar-refractivity contribution in [3.8, 4) is 0 Å². The van der Waals surface area contributed by atoms with E-state index in [4.69, 9.17) is 0 Å². The summed E-state index contributed by atoms with van der Waals surface area (Å²) in [6.07, 6.45) is 4.32. The van der Waals surface area contributed by atoms with Crippen molar-refractivity contribution in [1.82, 2.24) is 9.88 Å². The summed E-state index contributed by atoms with van der Waals surface area (Å²) >= 11 is 3.52. The smallest absolute Gasteiger partial charge is 0.220 e. The second kappa shape index (κ2) is 8.15. The van der Waals surface area contributed by atoms with Crippen molar-refractivity contribution in [3.63, 3.8) is 0 Å². The number of amides is 1. The first-order valence-corrected chi connectivity index (χ1v) is 9.07. The average molecular weight is 385 g/mol. The van der Waals surface area contributed by atoms with Crippen LogP contribution in [0.3, 0.4) is 0 Å². The fraction of sp³-hybridized carbons (Fsp3) is 0.250. The Balaban J connectivity index is 1.40. The first-order chi connectivity index (χ1) is 11.7. The molecule has 1 aromatic heterocycles. The van der Waals surface area contributed by atoms with Crippen molar-refractivity contribution >= 4 is 32.7 Å². The summed E-state index contributed by atoms with van der Waals surface area (Å²) in [5.41, 5.74) is 2.42. The molecule has 1 heterocycles. The van der Waals surface area contributed by atoms with Gasteiger partial charge in [0.25, 0.3) is 0 Å². The van der Waals surface area contributed by atoms with E-state index in [0.717, 1.165) is 23.9 Å². The molecule has 0 saturated carbocycles. The second-order valence-electron chi connectivity index (χ2n) is 5.86. The molecule has 3 nitrogen and oxygen atoms in total. The molecule has 1 amide bonds. The van der Waals surface area contributed by atoms with E-state index in [1.54, 1.807) is 0 Å². The van der Waals surface area contributed by atoms with Gasteiger partial charge in [0, 0.05) is 35.7 Å². The highest BCUT2D eigenvalue weighted by molar-refractivity contribution is 9.10. The minimum absolute atomic E-state index is 0.114. The average Bonchev–Trinajstić information content (AvgIpc) is 3.01. The van der Waals surface area contributed by atoms with E-state index in [9.17, 15) is 4.79 Å². The molecule has 0 spiro atoms. The molecule has 0 aliphatic carbocycles. The van der Waals surface area contributed by atoms with Gasteiger partial charge in [-0.25, -0.2) is 0 Å². The van der Waals surface area contributed by atoms with Gasteiger partial charge in [-0.3, -0.25) is 4.79 Å². The Bertz CT molecular complexity index is 825. The van der Waals surface area contributed by atoms with Crippen molar-refractivity contribution in [2.24, 2.45) is 0 Å². The standard InChI is InChI=1S/C20H21BrN2O/c21-18-8-3-1-6-16(18)10-11-20(24)22-13-5-14-23-15-12-17-7-2-4-9-19(17)23/h1-4,6-9,12,15H,5,10-11,13-14H2,(H,22,24). The largest absolute Gasteiger partial charge is 0.356 e. The number of nitrogens with one attached hydrogen (secondary N) is 1. The van der Waals surface area contributed by atoms with Crippen LogP contribution >= 0.6 is 15.9 Å². The summed E-state index contributed by atoms with van der Waals surface area (Å²) in [7, 11) is 0. The molecule has 3 aromatic rings. The van der Waals surface area contributed by atoms with E-state index >= 15 is 0 Å². The maximum atomic E-state index is 12.0. The van der Waals surface area contributed by atoms with Gasteiger partial charge in [0.2, 0.25) is 5.91 Å². The third kappa shape index (κ3) is 4.26. The molecular formula is C20H21BrN2O. The molecular weight excluding hydrogens is 364 g/mol. The Labute approximate surface area is 150 Å². The lowest BCUT2D eigenvalue weighted by Crippen LogP contribution is -2.25. The van der Waals surface area contributed by atoms with E-state index in [0.29, 0.717) is 13.0 Å². The second-order valence-corrected chi connectivity index (χ2v) is 6.72. The number of carbonyl (C=O) groups is 1. The van der Waals surface area contributed by atoms with Gasteiger partial charge in [-0.1, -0.05) is 52.3 Å². The zero-order chi connectivity index (χ0) is 16.8. The number of nitrogens with zero attached hydrogens (tertiary/aromatic N) is 1. The van der Waals surface area contributed by atoms with Gasteiger partial charge >= 0.3 is 0 Å². The fourth-order valence-corrected chi connectivity index (χ4v) is 3.33. The number of para-hydroxylation sites is 1. The molecule has 0 radical (unpaired) electrons. The quantitative estimate of drug-likeness (QED) is 0.596. The lowest BCUT2D eigenvalue weighted by molar-refractivity contribution is -0.121. The summed E-state index contributed by atoms with van der Waals surface area (Å²) in [5.74, 6) is 0.114. The van der Waals surface area contributed by atoms with Crippen LogP contribution in [0.1, 0.15) is 18.4 Å². The number of aromatic nitrogens is 1. The normalized spacial score (nSPS) is 10.9. The molecule has 0 bridgehead atoms. The molecule has 3 rings (SSSR count). The SMILES string of the molecule is O=C(CCc1ccccc1Br)NCCCn1ccc2ccccc21. The van der Waals surface area contributed by atoms with Crippen LogP contribution in [0.5, 0.6) is 0 Å². The third-order valence-corrected chi connectivity index (χ3v) is 4.93. The van der Waals surface area contributed by atoms with Crippen LogP contribution in [-0.2, 0) is 17.8 Å². The van der Waals surface area contributed by atoms with Gasteiger partial charge in [-0.05, 0) is 42.0 Å². The minimum Gasteiger partial charge on any atom is -0.356 e. The summed E-state index contributed by atoms with van der Waals surface area (Å²) < 4.78 is 3.31. The zero-order valence-corrected chi connectivity index (χ0v) is 15.1. The van der Waals surface area contributed by atoms with Crippen molar-refractivity contribution in [1.29, 1.82) is 0 Å². The summed E-state index contributed by atoms with van der Waals surface area (Å²) in [5, 5.41) is 4.27. The van der Waals surface area contributed by atoms with Crippen LogP contribution in [0.25, 0.3) is 10.9 Å². The molecule has 2 aromatic carbocycles. The molecule has 124 valence electrons. The highest BCUT2D eigenvalue weighted by Gasteiger charge is 2.05. The highest BCUT2D eigenvalue weighted by atomic mass is 79.9. The van der Waals surface area contributed by atoms with Crippen LogP contribution in [0, 0.1) is 0 Å². The number of rotatable bonds is 7. The van der Waals surface area contributed by atoms with E-state index in [1.807, 2.05) is 18.2 Å². The number of carbonyl (C=O) groups excluding carboxylic acids is 1. The minimum atomic E-state index is 0.114. The molecule has 0 aliphatic rings. The lowest BCUT2D eigenvalue weighted by atomic mass is 10.1. The van der Waals surface area contributed by atoms with Gasteiger partial charge in [0.1, 0.15) is 0 Å². The van der Waals surface area contributed by atoms with Crippen molar-refractivity contribution in [2.45, 2.75) is 25.8 Å². The Hall–Kier alpha value is -2.07. The van der Waals surface area contributed by atoms with Crippen LogP contribution in [0.2, 0.25) is 0 Å².